The summed E-state index contributed by atoms with van der Waals surface area (Å²) in [5.41, 5.74) is 2.41. The molecular weight excluding hydrogens is 396 g/mol. The van der Waals surface area contributed by atoms with Crippen LogP contribution < -0.4 is 5.32 Å². The van der Waals surface area contributed by atoms with Gasteiger partial charge in [0.1, 0.15) is 16.5 Å². The first-order valence-corrected chi connectivity index (χ1v) is 11.7. The van der Waals surface area contributed by atoms with Gasteiger partial charge in [-0.05, 0) is 24.8 Å². The van der Waals surface area contributed by atoms with Crippen LogP contribution in [0.1, 0.15) is 25.1 Å². The van der Waals surface area contributed by atoms with Crippen LogP contribution in [0.3, 0.4) is 0 Å². The maximum absolute atomic E-state index is 5.79. The molecule has 3 aromatic rings. The topological polar surface area (TPSA) is 59.5 Å². The number of nitrogens with one attached hydrogen (secondary N) is 1. The van der Waals surface area contributed by atoms with Crippen molar-refractivity contribution in [2.75, 3.05) is 44.8 Å². The molecule has 5 rings (SSSR count). The second kappa shape index (κ2) is 9.39. The second-order valence-corrected chi connectivity index (χ2v) is 8.78. The van der Waals surface area contributed by atoms with Gasteiger partial charge < -0.3 is 14.8 Å². The van der Waals surface area contributed by atoms with Gasteiger partial charge in [-0.25, -0.2) is 9.97 Å². The predicted molar refractivity (Wildman–Crippen MR) is 121 cm³/mol. The number of benzene rings is 1. The first-order valence-electron chi connectivity index (χ1n) is 10.9. The zero-order valence-corrected chi connectivity index (χ0v) is 18.0. The van der Waals surface area contributed by atoms with Gasteiger partial charge in [0, 0.05) is 37.2 Å². The molecule has 2 aromatic heterocycles. The van der Waals surface area contributed by atoms with Crippen LogP contribution in [0.4, 0.5) is 5.82 Å². The van der Waals surface area contributed by atoms with Crippen LogP contribution in [-0.4, -0.2) is 60.4 Å². The Balaban J connectivity index is 1.44. The Bertz CT molecular complexity index is 966. The van der Waals surface area contributed by atoms with Crippen molar-refractivity contribution in [1.82, 2.24) is 14.9 Å². The fourth-order valence-electron chi connectivity index (χ4n) is 4.20. The molecule has 0 spiro atoms. The number of nitrogens with zero attached hydrogens (tertiary/aromatic N) is 3. The number of rotatable bonds is 7. The van der Waals surface area contributed by atoms with Gasteiger partial charge in [-0.1, -0.05) is 30.3 Å². The van der Waals surface area contributed by atoms with Gasteiger partial charge in [0.25, 0.3) is 0 Å². The molecule has 0 amide bonds. The molecule has 2 saturated heterocycles. The maximum atomic E-state index is 5.79. The average molecular weight is 425 g/mol. The summed E-state index contributed by atoms with van der Waals surface area (Å²) < 4.78 is 11.3. The lowest BCUT2D eigenvalue weighted by Gasteiger charge is -2.25. The summed E-state index contributed by atoms with van der Waals surface area (Å²) in [6.07, 6.45) is 3.72. The number of ether oxygens (including phenoxy) is 2. The van der Waals surface area contributed by atoms with E-state index in [1.807, 2.05) is 0 Å². The lowest BCUT2D eigenvalue weighted by atomic mass is 10.1. The molecule has 30 heavy (non-hydrogen) atoms. The smallest absolute Gasteiger partial charge is 0.146 e. The number of thiophene rings is 1. The number of aromatic nitrogens is 2. The van der Waals surface area contributed by atoms with E-state index in [0.717, 1.165) is 80.7 Å². The number of hydrogen-bond donors (Lipinski definition) is 1. The van der Waals surface area contributed by atoms with Gasteiger partial charge in [0.15, 0.2) is 0 Å². The Morgan fingerprint density at radius 3 is 2.77 bits per heavy atom. The summed E-state index contributed by atoms with van der Waals surface area (Å²) in [7, 11) is 0. The molecule has 2 fully saturated rings. The number of morpholine rings is 1. The predicted octanol–water partition coefficient (Wildman–Crippen LogP) is 4.17. The van der Waals surface area contributed by atoms with Crippen molar-refractivity contribution in [1.29, 1.82) is 0 Å². The Labute approximate surface area is 181 Å². The first-order chi connectivity index (χ1) is 14.9. The van der Waals surface area contributed by atoms with E-state index < -0.39 is 0 Å². The van der Waals surface area contributed by atoms with Gasteiger partial charge in [-0.2, -0.15) is 0 Å². The molecule has 0 bridgehead atoms. The standard InChI is InChI=1S/C23H28N4O2S/c1-2-5-17(6-3-1)19-16-30-23-21(19)22(24-9-8-18-7-4-12-29-18)25-20(26-23)15-27-10-13-28-14-11-27/h1-3,5-6,16,18H,4,7-15H2,(H,24,25,26)/t18-/m1/s1. The summed E-state index contributed by atoms with van der Waals surface area (Å²) in [4.78, 5) is 13.3. The zero-order valence-electron chi connectivity index (χ0n) is 17.2. The number of hydrogen-bond acceptors (Lipinski definition) is 7. The summed E-state index contributed by atoms with van der Waals surface area (Å²) in [6, 6.07) is 10.5. The first kappa shape index (κ1) is 19.9. The third-order valence-electron chi connectivity index (χ3n) is 5.82. The van der Waals surface area contributed by atoms with E-state index in [2.05, 4.69) is 45.9 Å². The molecule has 1 aromatic carbocycles. The van der Waals surface area contributed by atoms with E-state index in [0.29, 0.717) is 6.10 Å². The van der Waals surface area contributed by atoms with Gasteiger partial charge in [-0.15, -0.1) is 11.3 Å². The summed E-state index contributed by atoms with van der Waals surface area (Å²) in [5, 5.41) is 6.96. The van der Waals surface area contributed by atoms with Gasteiger partial charge in [0.05, 0.1) is 31.2 Å². The van der Waals surface area contributed by atoms with Crippen LogP contribution in [0.2, 0.25) is 0 Å². The molecule has 158 valence electrons. The van der Waals surface area contributed by atoms with Crippen molar-refractivity contribution in [3.8, 4) is 11.1 Å². The molecule has 0 radical (unpaired) electrons. The molecular formula is C23H28N4O2S. The minimum Gasteiger partial charge on any atom is -0.379 e. The maximum Gasteiger partial charge on any atom is 0.146 e. The molecule has 1 N–H and O–H groups in total. The molecule has 7 heteroatoms. The molecule has 6 nitrogen and oxygen atoms in total. The Kier molecular flexibility index (Phi) is 6.22. The van der Waals surface area contributed by atoms with Gasteiger partial charge in [0.2, 0.25) is 0 Å². The SMILES string of the molecule is c1ccc(-c2csc3nc(CN4CCOCC4)nc(NCC[C@H]4CCCO4)c23)cc1. The monoisotopic (exact) mass is 424 g/mol. The fraction of sp³-hybridized carbons (Fsp3) is 0.478. The highest BCUT2D eigenvalue weighted by atomic mass is 32.1. The minimum atomic E-state index is 0.374. The van der Waals surface area contributed by atoms with Gasteiger partial charge in [-0.3, -0.25) is 4.90 Å². The van der Waals surface area contributed by atoms with Crippen LogP contribution in [-0.2, 0) is 16.0 Å². The second-order valence-electron chi connectivity index (χ2n) is 7.92. The highest BCUT2D eigenvalue weighted by molar-refractivity contribution is 7.17. The van der Waals surface area contributed by atoms with Crippen LogP contribution in [0, 0.1) is 0 Å². The third-order valence-corrected chi connectivity index (χ3v) is 6.69. The van der Waals surface area contributed by atoms with Crippen LogP contribution in [0.5, 0.6) is 0 Å². The Hall–Kier alpha value is -2.06. The quantitative estimate of drug-likeness (QED) is 0.614. The summed E-state index contributed by atoms with van der Waals surface area (Å²) in [6.45, 7) is 5.95. The Morgan fingerprint density at radius 2 is 1.97 bits per heavy atom. The van der Waals surface area contributed by atoms with Crippen LogP contribution in [0.25, 0.3) is 21.3 Å². The van der Waals surface area contributed by atoms with Crippen molar-refractivity contribution in [2.24, 2.45) is 0 Å². The van der Waals surface area contributed by atoms with Crippen LogP contribution >= 0.6 is 11.3 Å². The van der Waals surface area contributed by atoms with E-state index in [1.54, 1.807) is 11.3 Å². The molecule has 0 unspecified atom stereocenters. The highest BCUT2D eigenvalue weighted by Gasteiger charge is 2.19. The lowest BCUT2D eigenvalue weighted by molar-refractivity contribution is 0.0331. The Morgan fingerprint density at radius 1 is 1.10 bits per heavy atom. The van der Waals surface area contributed by atoms with Crippen molar-refractivity contribution >= 4 is 27.4 Å². The number of anilines is 1. The van der Waals surface area contributed by atoms with E-state index in [-0.39, 0.29) is 0 Å². The average Bonchev–Trinajstić information content (AvgIpc) is 3.45. The van der Waals surface area contributed by atoms with E-state index >= 15 is 0 Å². The van der Waals surface area contributed by atoms with Crippen molar-refractivity contribution in [3.05, 3.63) is 41.5 Å². The van der Waals surface area contributed by atoms with E-state index in [9.17, 15) is 0 Å². The largest absolute Gasteiger partial charge is 0.379 e. The van der Waals surface area contributed by atoms with E-state index in [4.69, 9.17) is 19.4 Å². The molecule has 2 aliphatic rings. The fourth-order valence-corrected chi connectivity index (χ4v) is 5.16. The molecule has 0 saturated carbocycles. The molecule has 4 heterocycles. The van der Waals surface area contributed by atoms with Gasteiger partial charge >= 0.3 is 0 Å². The molecule has 0 aliphatic carbocycles. The van der Waals surface area contributed by atoms with E-state index in [1.165, 1.54) is 17.5 Å². The molecule has 1 atom stereocenters. The molecule has 2 aliphatic heterocycles. The van der Waals surface area contributed by atoms with Crippen molar-refractivity contribution < 1.29 is 9.47 Å². The number of fused-ring (bicyclic) bond motifs is 1. The summed E-state index contributed by atoms with van der Waals surface area (Å²) >= 11 is 1.70. The van der Waals surface area contributed by atoms with Crippen molar-refractivity contribution in [2.45, 2.75) is 31.9 Å². The summed E-state index contributed by atoms with van der Waals surface area (Å²) in [5.74, 6) is 1.83. The zero-order chi connectivity index (χ0) is 20.2. The minimum absolute atomic E-state index is 0.374. The highest BCUT2D eigenvalue weighted by Crippen LogP contribution is 2.37. The third kappa shape index (κ3) is 4.49. The lowest BCUT2D eigenvalue weighted by Crippen LogP contribution is -2.36. The van der Waals surface area contributed by atoms with Crippen molar-refractivity contribution in [3.63, 3.8) is 0 Å². The normalized spacial score (nSPS) is 20.1. The van der Waals surface area contributed by atoms with Crippen LogP contribution in [0.15, 0.2) is 35.7 Å².